The first-order valence-corrected chi connectivity index (χ1v) is 12.1. The Kier molecular flexibility index (Phi) is 5.89. The van der Waals surface area contributed by atoms with Crippen molar-refractivity contribution in [2.45, 2.75) is 0 Å². The number of aromatic nitrogens is 5. The minimum absolute atomic E-state index is 0.636. The molecule has 1 N–H and O–H groups in total. The van der Waals surface area contributed by atoms with E-state index in [1.165, 1.54) is 5.69 Å². The summed E-state index contributed by atoms with van der Waals surface area (Å²) >= 11 is 6.17. The summed E-state index contributed by atoms with van der Waals surface area (Å²) in [7, 11) is 0. The number of hydrogen-bond donors (Lipinski definition) is 1. The van der Waals surface area contributed by atoms with E-state index in [1.807, 2.05) is 59.1 Å². The lowest BCUT2D eigenvalue weighted by atomic mass is 10.2. The maximum absolute atomic E-state index is 6.17. The molecule has 2 aromatic carbocycles. The Morgan fingerprint density at radius 3 is 2.63 bits per heavy atom. The van der Waals surface area contributed by atoms with Crippen LogP contribution in [-0.2, 0) is 0 Å². The molecular weight excluding hydrogens is 460 g/mol. The van der Waals surface area contributed by atoms with Gasteiger partial charge in [0.05, 0.1) is 5.52 Å². The fourth-order valence-electron chi connectivity index (χ4n) is 4.52. The van der Waals surface area contributed by atoms with Crippen LogP contribution >= 0.6 is 11.6 Å². The van der Waals surface area contributed by atoms with Crippen LogP contribution in [0.1, 0.15) is 0 Å². The number of pyridine rings is 1. The molecule has 5 aromatic rings. The van der Waals surface area contributed by atoms with E-state index in [-0.39, 0.29) is 0 Å². The SMILES string of the molecule is Clc1cccc(N2CCN(CCNc3nc4ccccc4c4nc(-c5cccnc5)nn34)CC2)c1. The molecule has 35 heavy (non-hydrogen) atoms. The van der Waals surface area contributed by atoms with Gasteiger partial charge < -0.3 is 10.2 Å². The largest absolute Gasteiger partial charge is 0.369 e. The summed E-state index contributed by atoms with van der Waals surface area (Å²) in [5.41, 5.74) is 3.74. The van der Waals surface area contributed by atoms with E-state index < -0.39 is 0 Å². The third kappa shape index (κ3) is 4.50. The molecular formula is C26H25ClN8. The molecule has 6 rings (SSSR count). The van der Waals surface area contributed by atoms with Gasteiger partial charge in [-0.05, 0) is 42.5 Å². The fourth-order valence-corrected chi connectivity index (χ4v) is 4.70. The first-order valence-electron chi connectivity index (χ1n) is 11.8. The Hall–Kier alpha value is -3.75. The molecule has 9 heteroatoms. The van der Waals surface area contributed by atoms with E-state index in [9.17, 15) is 0 Å². The Morgan fingerprint density at radius 2 is 1.80 bits per heavy atom. The van der Waals surface area contributed by atoms with Gasteiger partial charge in [-0.1, -0.05) is 29.8 Å². The third-order valence-corrected chi connectivity index (χ3v) is 6.59. The minimum atomic E-state index is 0.636. The summed E-state index contributed by atoms with van der Waals surface area (Å²) in [4.78, 5) is 18.7. The molecule has 3 aromatic heterocycles. The predicted octanol–water partition coefficient (Wildman–Crippen LogP) is 4.23. The number of hydrogen-bond acceptors (Lipinski definition) is 7. The van der Waals surface area contributed by atoms with Gasteiger partial charge in [-0.15, -0.1) is 5.10 Å². The molecule has 0 aliphatic carbocycles. The first-order chi connectivity index (χ1) is 17.2. The molecule has 4 heterocycles. The number of nitrogens with one attached hydrogen (secondary N) is 1. The zero-order valence-corrected chi connectivity index (χ0v) is 19.9. The van der Waals surface area contributed by atoms with Gasteiger partial charge in [-0.3, -0.25) is 9.88 Å². The monoisotopic (exact) mass is 484 g/mol. The molecule has 1 aliphatic rings. The Balaban J connectivity index is 1.17. The topological polar surface area (TPSA) is 74.5 Å². The van der Waals surface area contributed by atoms with Gasteiger partial charge in [-0.25, -0.2) is 9.97 Å². The van der Waals surface area contributed by atoms with Crippen LogP contribution < -0.4 is 10.2 Å². The normalized spacial score (nSPS) is 14.6. The maximum atomic E-state index is 6.17. The quantitative estimate of drug-likeness (QED) is 0.386. The Labute approximate surface area is 208 Å². The number of nitrogens with zero attached hydrogens (tertiary/aromatic N) is 7. The van der Waals surface area contributed by atoms with Crippen LogP contribution in [-0.4, -0.2) is 68.7 Å². The number of anilines is 2. The van der Waals surface area contributed by atoms with E-state index in [0.29, 0.717) is 11.8 Å². The molecule has 0 atom stereocenters. The molecule has 0 radical (unpaired) electrons. The fraction of sp³-hybridized carbons (Fsp3) is 0.231. The predicted molar refractivity (Wildman–Crippen MR) is 140 cm³/mol. The molecule has 0 bridgehead atoms. The zero-order chi connectivity index (χ0) is 23.6. The number of halogens is 1. The minimum Gasteiger partial charge on any atom is -0.369 e. The second kappa shape index (κ2) is 9.48. The molecule has 1 saturated heterocycles. The molecule has 0 amide bonds. The third-order valence-electron chi connectivity index (χ3n) is 6.36. The number of benzene rings is 2. The molecule has 1 aliphatic heterocycles. The summed E-state index contributed by atoms with van der Waals surface area (Å²) < 4.78 is 1.81. The van der Waals surface area contributed by atoms with Gasteiger partial charge >= 0.3 is 0 Å². The summed E-state index contributed by atoms with van der Waals surface area (Å²) in [6, 6.07) is 20.0. The average Bonchev–Trinajstić information content (AvgIpc) is 3.36. The summed E-state index contributed by atoms with van der Waals surface area (Å²) in [5.74, 6) is 1.33. The Bertz CT molecular complexity index is 1460. The van der Waals surface area contributed by atoms with Crippen molar-refractivity contribution < 1.29 is 0 Å². The zero-order valence-electron chi connectivity index (χ0n) is 19.2. The van der Waals surface area contributed by atoms with Crippen LogP contribution in [0.15, 0.2) is 73.1 Å². The lowest BCUT2D eigenvalue weighted by molar-refractivity contribution is 0.267. The molecule has 1 fully saturated rings. The average molecular weight is 485 g/mol. The summed E-state index contributed by atoms with van der Waals surface area (Å²) in [6.45, 7) is 5.66. The van der Waals surface area contributed by atoms with Crippen LogP contribution in [0.4, 0.5) is 11.6 Å². The number of para-hydroxylation sites is 1. The second-order valence-corrected chi connectivity index (χ2v) is 9.04. The number of piperazine rings is 1. The van der Waals surface area contributed by atoms with Gasteiger partial charge in [-0.2, -0.15) is 4.52 Å². The van der Waals surface area contributed by atoms with Crippen LogP contribution in [0.3, 0.4) is 0 Å². The van der Waals surface area contributed by atoms with Crippen molar-refractivity contribution in [3.05, 3.63) is 78.1 Å². The Morgan fingerprint density at radius 1 is 0.914 bits per heavy atom. The van der Waals surface area contributed by atoms with Crippen molar-refractivity contribution in [1.82, 2.24) is 29.5 Å². The standard InChI is InChI=1S/C26H25ClN8/c27-20-6-3-7-21(17-20)34-15-13-33(14-16-34)12-11-29-26-30-23-9-2-1-8-22(23)25-31-24(32-35(25)26)19-5-4-10-28-18-19/h1-10,17-18H,11-16H2,(H,29,30). The van der Waals surface area contributed by atoms with Crippen molar-refractivity contribution in [3.63, 3.8) is 0 Å². The van der Waals surface area contributed by atoms with Crippen molar-refractivity contribution in [2.24, 2.45) is 0 Å². The lowest BCUT2D eigenvalue weighted by Gasteiger charge is -2.36. The van der Waals surface area contributed by atoms with Gasteiger partial charge in [0.2, 0.25) is 5.95 Å². The van der Waals surface area contributed by atoms with Gasteiger partial charge in [0.1, 0.15) is 0 Å². The maximum Gasteiger partial charge on any atom is 0.226 e. The van der Waals surface area contributed by atoms with Crippen LogP contribution in [0.2, 0.25) is 5.02 Å². The summed E-state index contributed by atoms with van der Waals surface area (Å²) in [6.07, 6.45) is 3.53. The number of rotatable bonds is 6. The van der Waals surface area contributed by atoms with E-state index in [1.54, 1.807) is 12.4 Å². The van der Waals surface area contributed by atoms with Gasteiger partial charge in [0, 0.05) is 73.3 Å². The van der Waals surface area contributed by atoms with Gasteiger partial charge in [0.15, 0.2) is 11.5 Å². The van der Waals surface area contributed by atoms with Crippen molar-refractivity contribution >= 4 is 39.8 Å². The highest BCUT2D eigenvalue weighted by molar-refractivity contribution is 6.30. The first kappa shape index (κ1) is 21.8. The smallest absolute Gasteiger partial charge is 0.226 e. The van der Waals surface area contributed by atoms with E-state index in [0.717, 1.165) is 66.4 Å². The molecule has 0 saturated carbocycles. The van der Waals surface area contributed by atoms with Crippen molar-refractivity contribution in [2.75, 3.05) is 49.5 Å². The van der Waals surface area contributed by atoms with E-state index in [4.69, 9.17) is 26.7 Å². The second-order valence-electron chi connectivity index (χ2n) is 8.60. The van der Waals surface area contributed by atoms with Crippen LogP contribution in [0.25, 0.3) is 27.9 Å². The lowest BCUT2D eigenvalue weighted by Crippen LogP contribution is -2.47. The van der Waals surface area contributed by atoms with Crippen LogP contribution in [0.5, 0.6) is 0 Å². The molecule has 0 spiro atoms. The van der Waals surface area contributed by atoms with Gasteiger partial charge in [0.25, 0.3) is 0 Å². The van der Waals surface area contributed by atoms with E-state index >= 15 is 0 Å². The number of fused-ring (bicyclic) bond motifs is 3. The van der Waals surface area contributed by atoms with Crippen molar-refractivity contribution in [1.29, 1.82) is 0 Å². The van der Waals surface area contributed by atoms with Crippen molar-refractivity contribution in [3.8, 4) is 11.4 Å². The van der Waals surface area contributed by atoms with E-state index in [2.05, 4.69) is 26.2 Å². The molecule has 0 unspecified atom stereocenters. The molecule has 8 nitrogen and oxygen atoms in total. The van der Waals surface area contributed by atoms with Crippen LogP contribution in [0, 0.1) is 0 Å². The highest BCUT2D eigenvalue weighted by atomic mass is 35.5. The summed E-state index contributed by atoms with van der Waals surface area (Å²) in [5, 5.41) is 10.0. The highest BCUT2D eigenvalue weighted by Crippen LogP contribution is 2.24. The molecule has 176 valence electrons. The highest BCUT2D eigenvalue weighted by Gasteiger charge is 2.18.